The number of fused-ring (bicyclic) bond motifs is 9. The summed E-state index contributed by atoms with van der Waals surface area (Å²) in [5.41, 5.74) is 11.8. The predicted octanol–water partition coefficient (Wildman–Crippen LogP) is 13.8. The first-order chi connectivity index (χ1) is 31.2. The van der Waals surface area contributed by atoms with Gasteiger partial charge in [-0.05, 0) is 77.9 Å². The van der Waals surface area contributed by atoms with Crippen molar-refractivity contribution < 1.29 is 0 Å². The highest BCUT2D eigenvalue weighted by Gasteiger charge is 2.21. The van der Waals surface area contributed by atoms with Gasteiger partial charge in [-0.15, -0.1) is 0 Å². The normalized spacial score (nSPS) is 13.0. The highest BCUT2D eigenvalue weighted by atomic mass is 15.0. The van der Waals surface area contributed by atoms with Gasteiger partial charge in [0.2, 0.25) is 0 Å². The van der Waals surface area contributed by atoms with E-state index in [2.05, 4.69) is 216 Å². The van der Waals surface area contributed by atoms with Gasteiger partial charge in [0.05, 0.1) is 33.6 Å². The maximum Gasteiger partial charge on any atom is 0.161 e. The van der Waals surface area contributed by atoms with Crippen molar-refractivity contribution in [3.63, 3.8) is 0 Å². The summed E-state index contributed by atoms with van der Waals surface area (Å²) in [5.74, 6) is 0.695. The Morgan fingerprint density at radius 2 is 1.17 bits per heavy atom. The fourth-order valence-corrected chi connectivity index (χ4v) is 9.82. The zero-order valence-corrected chi connectivity index (χ0v) is 34.9. The van der Waals surface area contributed by atoms with Gasteiger partial charge in [-0.3, -0.25) is 0 Å². The van der Waals surface area contributed by atoms with E-state index in [1.54, 1.807) is 0 Å². The van der Waals surface area contributed by atoms with Gasteiger partial charge in [-0.25, -0.2) is 9.97 Å². The van der Waals surface area contributed by atoms with Gasteiger partial charge in [-0.1, -0.05) is 176 Å². The molecule has 11 aromatic rings. The zero-order valence-electron chi connectivity index (χ0n) is 34.9. The average molecular weight is 807 g/mol. The van der Waals surface area contributed by atoms with Crippen LogP contribution in [0, 0.1) is 0 Å². The van der Waals surface area contributed by atoms with E-state index < -0.39 is 0 Å². The Labute approximate surface area is 365 Å². The topological polar surface area (TPSA) is 35.6 Å². The standard InChI is InChI=1S/C59H42N4/c1-2-44(34-32-41-20-11-14-28-47(41)59-60-51(42-21-5-3-6-22-42)37-52(61-59)43-23-7-4-8-24-43)62-54-30-16-15-29-48(54)49-36-50-57(38-56(49)62)63(53-31-17-25-39-18-9-12-26-45(39)53)55-35-33-40-19-10-13-27-46(40)58(50)55/h2-14,17-38H,15-16H2,1H3/b34-32-,44-2+. The first-order valence-electron chi connectivity index (χ1n) is 21.8. The summed E-state index contributed by atoms with van der Waals surface area (Å²) in [7, 11) is 0. The lowest BCUT2D eigenvalue weighted by Crippen LogP contribution is -2.30. The fraction of sp³-hybridized carbons (Fsp3) is 0.0508. The molecule has 1 aliphatic rings. The number of aromatic nitrogens is 4. The van der Waals surface area contributed by atoms with Gasteiger partial charge in [-0.2, -0.15) is 0 Å². The average Bonchev–Trinajstić information content (AvgIpc) is 3.86. The predicted molar refractivity (Wildman–Crippen MR) is 266 cm³/mol. The fourth-order valence-electron chi connectivity index (χ4n) is 9.82. The van der Waals surface area contributed by atoms with E-state index in [4.69, 9.17) is 9.97 Å². The molecule has 0 bridgehead atoms. The molecule has 0 atom stereocenters. The van der Waals surface area contributed by atoms with Gasteiger partial charge >= 0.3 is 0 Å². The molecular weight excluding hydrogens is 765 g/mol. The Bertz CT molecular complexity index is 3730. The Morgan fingerprint density at radius 1 is 0.524 bits per heavy atom. The molecule has 12 rings (SSSR count). The molecule has 0 spiro atoms. The molecule has 0 unspecified atom stereocenters. The van der Waals surface area contributed by atoms with Crippen molar-refractivity contribution in [2.75, 3.05) is 0 Å². The molecule has 0 fully saturated rings. The molecule has 0 radical (unpaired) electrons. The molecule has 4 heteroatoms. The van der Waals surface area contributed by atoms with Crippen LogP contribution in [0.2, 0.25) is 0 Å². The van der Waals surface area contributed by atoms with E-state index in [-0.39, 0.29) is 0 Å². The van der Waals surface area contributed by atoms with Crippen LogP contribution in [0.5, 0.6) is 0 Å². The first kappa shape index (κ1) is 36.7. The highest BCUT2D eigenvalue weighted by Crippen LogP contribution is 2.40. The van der Waals surface area contributed by atoms with E-state index >= 15 is 0 Å². The van der Waals surface area contributed by atoms with Crippen LogP contribution in [0.3, 0.4) is 0 Å². The zero-order chi connectivity index (χ0) is 41.9. The number of allylic oxidation sites excluding steroid dienone is 3. The lowest BCUT2D eigenvalue weighted by Gasteiger charge is -2.13. The Morgan fingerprint density at radius 3 is 1.94 bits per heavy atom. The van der Waals surface area contributed by atoms with Crippen LogP contribution >= 0.6 is 0 Å². The minimum Gasteiger partial charge on any atom is -0.310 e. The van der Waals surface area contributed by atoms with Crippen molar-refractivity contribution >= 4 is 78.2 Å². The molecule has 4 nitrogen and oxygen atoms in total. The number of hydrogen-bond donors (Lipinski definition) is 0. The molecule has 63 heavy (non-hydrogen) atoms. The van der Waals surface area contributed by atoms with Crippen molar-refractivity contribution in [1.82, 2.24) is 19.1 Å². The van der Waals surface area contributed by atoms with E-state index in [0.29, 0.717) is 5.82 Å². The van der Waals surface area contributed by atoms with Crippen molar-refractivity contribution in [3.05, 3.63) is 210 Å². The van der Waals surface area contributed by atoms with Crippen LogP contribution in [0.25, 0.3) is 118 Å². The van der Waals surface area contributed by atoms with Gasteiger partial charge in [0.25, 0.3) is 0 Å². The van der Waals surface area contributed by atoms with Gasteiger partial charge in [0, 0.05) is 54.5 Å². The summed E-state index contributed by atoms with van der Waals surface area (Å²) in [6, 6.07) is 65.0. The molecule has 0 saturated carbocycles. The van der Waals surface area contributed by atoms with Crippen LogP contribution in [-0.4, -0.2) is 19.1 Å². The van der Waals surface area contributed by atoms with Crippen molar-refractivity contribution in [3.8, 4) is 39.6 Å². The van der Waals surface area contributed by atoms with Gasteiger partial charge < -0.3 is 9.13 Å². The SMILES string of the molecule is C/C=C(\C=C/c1ccccc1-c1nc(-c2ccccc2)cc(-c2ccccc2)n1)n1c2c(c3cc4c5c6ccccc6ccc5n(-c5cccc6ccccc56)c4cc31)=CCCC=2. The highest BCUT2D eigenvalue weighted by molar-refractivity contribution is 6.23. The summed E-state index contributed by atoms with van der Waals surface area (Å²) in [6.45, 7) is 2.15. The summed E-state index contributed by atoms with van der Waals surface area (Å²) < 4.78 is 4.97. The van der Waals surface area contributed by atoms with E-state index in [9.17, 15) is 0 Å². The number of benzene rings is 8. The Hall–Kier alpha value is -8.08. The lowest BCUT2D eigenvalue weighted by atomic mass is 10.0. The summed E-state index contributed by atoms with van der Waals surface area (Å²) >= 11 is 0. The second kappa shape index (κ2) is 15.1. The van der Waals surface area contributed by atoms with Crippen molar-refractivity contribution in [2.45, 2.75) is 19.8 Å². The smallest absolute Gasteiger partial charge is 0.161 e. The second-order valence-electron chi connectivity index (χ2n) is 16.3. The molecular formula is C59H42N4. The molecule has 3 heterocycles. The summed E-state index contributed by atoms with van der Waals surface area (Å²) in [5, 5.41) is 11.3. The Kier molecular flexibility index (Phi) is 8.82. The number of nitrogens with zero attached hydrogens (tertiary/aromatic N) is 4. The van der Waals surface area contributed by atoms with Crippen molar-refractivity contribution in [2.24, 2.45) is 0 Å². The van der Waals surface area contributed by atoms with Crippen LogP contribution in [-0.2, 0) is 0 Å². The summed E-state index contributed by atoms with van der Waals surface area (Å²) in [6.07, 6.45) is 13.6. The van der Waals surface area contributed by atoms with Crippen LogP contribution in [0.15, 0.2) is 194 Å². The quantitative estimate of drug-likeness (QED) is 0.150. The van der Waals surface area contributed by atoms with E-state index in [1.165, 1.54) is 70.5 Å². The number of hydrogen-bond acceptors (Lipinski definition) is 2. The molecule has 0 saturated heterocycles. The molecule has 1 aliphatic carbocycles. The Balaban J connectivity index is 1.06. The van der Waals surface area contributed by atoms with Gasteiger partial charge in [0.1, 0.15) is 0 Å². The van der Waals surface area contributed by atoms with Crippen LogP contribution in [0.4, 0.5) is 0 Å². The second-order valence-corrected chi connectivity index (χ2v) is 16.3. The summed E-state index contributed by atoms with van der Waals surface area (Å²) in [4.78, 5) is 10.4. The third-order valence-corrected chi connectivity index (χ3v) is 12.7. The maximum absolute atomic E-state index is 5.20. The maximum atomic E-state index is 5.20. The number of rotatable bonds is 7. The monoisotopic (exact) mass is 806 g/mol. The van der Waals surface area contributed by atoms with Crippen LogP contribution in [0.1, 0.15) is 25.3 Å². The molecule has 0 amide bonds. The molecule has 0 N–H and O–H groups in total. The molecule has 298 valence electrons. The lowest BCUT2D eigenvalue weighted by molar-refractivity contribution is 1.05. The molecule has 3 aromatic heterocycles. The largest absolute Gasteiger partial charge is 0.310 e. The van der Waals surface area contributed by atoms with Crippen LogP contribution < -0.4 is 10.6 Å². The minimum absolute atomic E-state index is 0.695. The molecule has 0 aliphatic heterocycles. The van der Waals surface area contributed by atoms with E-state index in [0.717, 1.165) is 52.2 Å². The van der Waals surface area contributed by atoms with Crippen molar-refractivity contribution in [1.29, 1.82) is 0 Å². The first-order valence-corrected chi connectivity index (χ1v) is 21.8. The minimum atomic E-state index is 0.695. The third-order valence-electron chi connectivity index (χ3n) is 12.7. The molecule has 8 aromatic carbocycles. The van der Waals surface area contributed by atoms with Gasteiger partial charge in [0.15, 0.2) is 5.82 Å². The third kappa shape index (κ3) is 6.14. The van der Waals surface area contributed by atoms with E-state index in [1.807, 2.05) is 12.1 Å².